The molecule has 0 aromatic rings. The second-order valence-corrected chi connectivity index (χ2v) is 8.61. The first kappa shape index (κ1) is 14.4. The van der Waals surface area contributed by atoms with Crippen molar-refractivity contribution in [3.8, 4) is 0 Å². The maximum atomic E-state index is 11.8. The largest absolute Gasteiger partial charge is 0.354 e. The number of rotatable bonds is 4. The third-order valence-corrected chi connectivity index (χ3v) is 6.67. The number of halogens is 2. The molecule has 1 saturated carbocycles. The number of hydrogen-bond donors (Lipinski definition) is 1. The van der Waals surface area contributed by atoms with Crippen LogP contribution < -0.4 is 5.32 Å². The lowest BCUT2D eigenvalue weighted by molar-refractivity contribution is -0.125. The molecule has 1 heterocycles. The van der Waals surface area contributed by atoms with Crippen molar-refractivity contribution in [2.45, 2.75) is 24.1 Å². The lowest BCUT2D eigenvalue weighted by Crippen LogP contribution is -2.39. The summed E-state index contributed by atoms with van der Waals surface area (Å²) in [4.78, 5) is 11.8. The van der Waals surface area contributed by atoms with E-state index in [1.807, 2.05) is 0 Å². The van der Waals surface area contributed by atoms with E-state index in [1.54, 1.807) is 6.92 Å². The van der Waals surface area contributed by atoms with Gasteiger partial charge in [-0.1, -0.05) is 0 Å². The van der Waals surface area contributed by atoms with Crippen LogP contribution in [0.3, 0.4) is 0 Å². The van der Waals surface area contributed by atoms with E-state index in [4.69, 9.17) is 23.2 Å². The van der Waals surface area contributed by atoms with Crippen molar-refractivity contribution >= 4 is 39.1 Å². The van der Waals surface area contributed by atoms with E-state index in [-0.39, 0.29) is 18.2 Å². The van der Waals surface area contributed by atoms with E-state index >= 15 is 0 Å². The average molecular weight is 315 g/mol. The van der Waals surface area contributed by atoms with Gasteiger partial charge in [-0.05, 0) is 19.8 Å². The Balaban J connectivity index is 1.79. The smallest absolute Gasteiger partial charge is 0.229 e. The van der Waals surface area contributed by atoms with Gasteiger partial charge in [0, 0.05) is 19.6 Å². The molecule has 0 aromatic heterocycles. The Bertz CT molecular complexity index is 466. The molecule has 2 rings (SSSR count). The number of alkyl halides is 2. The zero-order valence-electron chi connectivity index (χ0n) is 10.1. The van der Waals surface area contributed by atoms with Gasteiger partial charge in [0.1, 0.15) is 4.33 Å². The second kappa shape index (κ2) is 4.51. The normalized spacial score (nSPS) is 33.3. The van der Waals surface area contributed by atoms with E-state index in [0.717, 1.165) is 0 Å². The predicted molar refractivity (Wildman–Crippen MR) is 70.1 cm³/mol. The monoisotopic (exact) mass is 314 g/mol. The molecule has 1 aliphatic carbocycles. The summed E-state index contributed by atoms with van der Waals surface area (Å²) < 4.78 is 23.5. The van der Waals surface area contributed by atoms with Crippen LogP contribution in [-0.4, -0.2) is 48.4 Å². The molecule has 18 heavy (non-hydrogen) atoms. The summed E-state index contributed by atoms with van der Waals surface area (Å²) in [6.45, 7) is 2.83. The fourth-order valence-corrected chi connectivity index (χ4v) is 4.31. The van der Waals surface area contributed by atoms with Gasteiger partial charge in [-0.3, -0.25) is 4.79 Å². The van der Waals surface area contributed by atoms with Crippen LogP contribution in [0.4, 0.5) is 0 Å². The van der Waals surface area contributed by atoms with Crippen LogP contribution in [0, 0.1) is 5.41 Å². The van der Waals surface area contributed by atoms with Crippen molar-refractivity contribution in [1.82, 2.24) is 9.62 Å². The van der Waals surface area contributed by atoms with Crippen LogP contribution in [0.5, 0.6) is 0 Å². The van der Waals surface area contributed by atoms with Gasteiger partial charge in [-0.15, -0.1) is 23.2 Å². The molecule has 2 fully saturated rings. The van der Waals surface area contributed by atoms with E-state index in [2.05, 4.69) is 5.32 Å². The molecule has 0 radical (unpaired) electrons. The highest BCUT2D eigenvalue weighted by Gasteiger charge is 2.67. The summed E-state index contributed by atoms with van der Waals surface area (Å²) >= 11 is 11.8. The Labute approximate surface area is 117 Å². The standard InChI is InChI=1S/C10H16Cl2N2O3S/c1-9(7-10(9,11)12)8(15)13-3-5-14-4-2-6-18(14,16)17/h2-7H2,1H3,(H,13,15)/t9-/m1/s1. The molecule has 8 heteroatoms. The minimum absolute atomic E-state index is 0.200. The number of carbonyl (C=O) groups is 1. The first-order valence-corrected chi connectivity index (χ1v) is 8.19. The number of nitrogens with one attached hydrogen (secondary N) is 1. The average Bonchev–Trinajstić information content (AvgIpc) is 2.59. The van der Waals surface area contributed by atoms with Crippen molar-refractivity contribution in [2.24, 2.45) is 5.41 Å². The van der Waals surface area contributed by atoms with Crippen LogP contribution in [0.1, 0.15) is 19.8 Å². The Morgan fingerprint density at radius 3 is 2.50 bits per heavy atom. The van der Waals surface area contributed by atoms with E-state index in [9.17, 15) is 13.2 Å². The highest BCUT2D eigenvalue weighted by Crippen LogP contribution is 2.63. The maximum absolute atomic E-state index is 11.8. The number of amides is 1. The van der Waals surface area contributed by atoms with Crippen LogP contribution in [0.2, 0.25) is 0 Å². The van der Waals surface area contributed by atoms with Gasteiger partial charge < -0.3 is 5.32 Å². The molecule has 1 N–H and O–H groups in total. The molecule has 1 aliphatic heterocycles. The van der Waals surface area contributed by atoms with Gasteiger partial charge in [0.15, 0.2) is 0 Å². The maximum Gasteiger partial charge on any atom is 0.229 e. The van der Waals surface area contributed by atoms with Gasteiger partial charge in [-0.2, -0.15) is 0 Å². The third-order valence-electron chi connectivity index (χ3n) is 3.61. The lowest BCUT2D eigenvalue weighted by Gasteiger charge is -2.16. The molecule has 1 atom stereocenters. The van der Waals surface area contributed by atoms with Crippen molar-refractivity contribution in [3.63, 3.8) is 0 Å². The van der Waals surface area contributed by atoms with Gasteiger partial charge in [-0.25, -0.2) is 12.7 Å². The van der Waals surface area contributed by atoms with Crippen LogP contribution >= 0.6 is 23.2 Å². The summed E-state index contributed by atoms with van der Waals surface area (Å²) in [6.07, 6.45) is 1.08. The summed E-state index contributed by atoms with van der Waals surface area (Å²) in [6, 6.07) is 0. The minimum atomic E-state index is -3.10. The molecular weight excluding hydrogens is 299 g/mol. The molecule has 0 spiro atoms. The van der Waals surface area contributed by atoms with Crippen molar-refractivity contribution in [2.75, 3.05) is 25.4 Å². The SMILES string of the molecule is C[C@]1(C(=O)NCCN2CCCS2(=O)=O)CC1(Cl)Cl. The zero-order valence-corrected chi connectivity index (χ0v) is 12.4. The Hall–Kier alpha value is -0.0400. The number of hydrogen-bond acceptors (Lipinski definition) is 3. The zero-order chi connectivity index (χ0) is 13.6. The third kappa shape index (κ3) is 2.48. The van der Waals surface area contributed by atoms with Crippen LogP contribution in [0.25, 0.3) is 0 Å². The fourth-order valence-electron chi connectivity index (χ4n) is 2.08. The lowest BCUT2D eigenvalue weighted by atomic mass is 10.1. The summed E-state index contributed by atoms with van der Waals surface area (Å²) in [7, 11) is -3.10. The van der Waals surface area contributed by atoms with E-state index in [1.165, 1.54) is 4.31 Å². The summed E-state index contributed by atoms with van der Waals surface area (Å²) in [5, 5.41) is 2.69. The van der Waals surface area contributed by atoms with E-state index in [0.29, 0.717) is 25.9 Å². The number of nitrogens with zero attached hydrogens (tertiary/aromatic N) is 1. The molecule has 1 saturated heterocycles. The van der Waals surface area contributed by atoms with E-state index < -0.39 is 19.8 Å². The number of sulfonamides is 1. The molecule has 0 bridgehead atoms. The minimum Gasteiger partial charge on any atom is -0.354 e. The first-order chi connectivity index (χ1) is 8.19. The van der Waals surface area contributed by atoms with Crippen LogP contribution in [0.15, 0.2) is 0 Å². The Morgan fingerprint density at radius 1 is 1.44 bits per heavy atom. The first-order valence-electron chi connectivity index (χ1n) is 5.83. The Morgan fingerprint density at radius 2 is 2.06 bits per heavy atom. The quantitative estimate of drug-likeness (QED) is 0.778. The fraction of sp³-hybridized carbons (Fsp3) is 0.900. The van der Waals surface area contributed by atoms with Crippen molar-refractivity contribution in [1.29, 1.82) is 0 Å². The van der Waals surface area contributed by atoms with Gasteiger partial charge in [0.05, 0.1) is 11.2 Å². The number of carbonyl (C=O) groups excluding carboxylic acids is 1. The van der Waals surface area contributed by atoms with Gasteiger partial charge in [0.25, 0.3) is 0 Å². The predicted octanol–water partition coefficient (Wildman–Crippen LogP) is 0.722. The van der Waals surface area contributed by atoms with Crippen LogP contribution in [-0.2, 0) is 14.8 Å². The molecule has 0 unspecified atom stereocenters. The summed E-state index contributed by atoms with van der Waals surface area (Å²) in [5.41, 5.74) is -0.750. The molecular formula is C10H16Cl2N2O3S. The molecule has 5 nitrogen and oxygen atoms in total. The molecule has 104 valence electrons. The highest BCUT2D eigenvalue weighted by atomic mass is 35.5. The van der Waals surface area contributed by atoms with Gasteiger partial charge >= 0.3 is 0 Å². The highest BCUT2D eigenvalue weighted by molar-refractivity contribution is 7.89. The van der Waals surface area contributed by atoms with Gasteiger partial charge in [0.2, 0.25) is 15.9 Å². The van der Waals surface area contributed by atoms with Crippen molar-refractivity contribution < 1.29 is 13.2 Å². The molecule has 0 aromatic carbocycles. The Kier molecular flexibility index (Phi) is 3.60. The molecule has 2 aliphatic rings. The van der Waals surface area contributed by atoms with Crippen molar-refractivity contribution in [3.05, 3.63) is 0 Å². The second-order valence-electron chi connectivity index (χ2n) is 5.04. The summed E-state index contributed by atoms with van der Waals surface area (Å²) in [5.74, 6) is -0.0189. The molecule has 1 amide bonds. The topological polar surface area (TPSA) is 66.5 Å².